The molecule has 19 heavy (non-hydrogen) atoms. The van der Waals surface area contributed by atoms with Crippen molar-refractivity contribution in [2.75, 3.05) is 6.54 Å². The molecule has 1 fully saturated rings. The Morgan fingerprint density at radius 1 is 1.37 bits per heavy atom. The maximum absolute atomic E-state index is 6.25. The van der Waals surface area contributed by atoms with Crippen LogP contribution in [0.3, 0.4) is 0 Å². The Kier molecular flexibility index (Phi) is 5.71. The fraction of sp³-hybridized carbons (Fsp3) is 0.625. The fourth-order valence-electron chi connectivity index (χ4n) is 2.73. The SMILES string of the molecule is CCNCc1cc(Br)ccc1OC1CCCC(C)C1. The van der Waals surface area contributed by atoms with E-state index in [1.165, 1.54) is 31.2 Å². The monoisotopic (exact) mass is 325 g/mol. The largest absolute Gasteiger partial charge is 0.490 e. The van der Waals surface area contributed by atoms with Crippen molar-refractivity contribution in [3.8, 4) is 5.75 Å². The maximum atomic E-state index is 6.25. The Bertz CT molecular complexity index is 408. The normalized spacial score (nSPS) is 23.3. The van der Waals surface area contributed by atoms with Gasteiger partial charge in [0.1, 0.15) is 5.75 Å². The number of rotatable bonds is 5. The van der Waals surface area contributed by atoms with Gasteiger partial charge < -0.3 is 10.1 Å². The predicted octanol–water partition coefficient (Wildman–Crippen LogP) is 4.52. The van der Waals surface area contributed by atoms with Gasteiger partial charge in [0.15, 0.2) is 0 Å². The van der Waals surface area contributed by atoms with Gasteiger partial charge in [-0.05, 0) is 49.9 Å². The first kappa shape index (κ1) is 14.9. The quantitative estimate of drug-likeness (QED) is 0.859. The van der Waals surface area contributed by atoms with Crippen LogP contribution in [0.4, 0.5) is 0 Å². The first-order valence-corrected chi connectivity index (χ1v) is 8.14. The van der Waals surface area contributed by atoms with E-state index in [1.807, 2.05) is 0 Å². The summed E-state index contributed by atoms with van der Waals surface area (Å²) >= 11 is 3.54. The second-order valence-electron chi connectivity index (χ2n) is 5.54. The zero-order valence-corrected chi connectivity index (χ0v) is 13.5. The standard InChI is InChI=1S/C16H24BrNO/c1-3-18-11-13-10-14(17)7-8-16(13)19-15-6-4-5-12(2)9-15/h7-8,10,12,15,18H,3-6,9,11H2,1-2H3. The highest BCUT2D eigenvalue weighted by atomic mass is 79.9. The van der Waals surface area contributed by atoms with Crippen LogP contribution in [-0.2, 0) is 6.54 Å². The van der Waals surface area contributed by atoms with Crippen LogP contribution in [0.5, 0.6) is 5.75 Å². The molecule has 1 aliphatic carbocycles. The molecule has 0 heterocycles. The van der Waals surface area contributed by atoms with E-state index >= 15 is 0 Å². The smallest absolute Gasteiger partial charge is 0.124 e. The summed E-state index contributed by atoms with van der Waals surface area (Å²) in [5.41, 5.74) is 1.24. The van der Waals surface area contributed by atoms with Gasteiger partial charge in [-0.3, -0.25) is 0 Å². The van der Waals surface area contributed by atoms with Crippen LogP contribution in [0.25, 0.3) is 0 Å². The van der Waals surface area contributed by atoms with Gasteiger partial charge in [0.2, 0.25) is 0 Å². The molecule has 0 radical (unpaired) electrons. The zero-order chi connectivity index (χ0) is 13.7. The van der Waals surface area contributed by atoms with Crippen molar-refractivity contribution in [2.45, 2.75) is 52.2 Å². The molecule has 2 unspecified atom stereocenters. The van der Waals surface area contributed by atoms with E-state index in [9.17, 15) is 0 Å². The van der Waals surface area contributed by atoms with E-state index in [2.05, 4.69) is 53.3 Å². The maximum Gasteiger partial charge on any atom is 0.124 e. The van der Waals surface area contributed by atoms with Gasteiger partial charge >= 0.3 is 0 Å². The first-order chi connectivity index (χ1) is 9.19. The lowest BCUT2D eigenvalue weighted by Gasteiger charge is -2.28. The molecule has 0 aliphatic heterocycles. The number of hydrogen-bond donors (Lipinski definition) is 1. The molecule has 3 heteroatoms. The molecule has 2 rings (SSSR count). The van der Waals surface area contributed by atoms with Crippen molar-refractivity contribution < 1.29 is 4.74 Å². The van der Waals surface area contributed by atoms with Crippen LogP contribution < -0.4 is 10.1 Å². The Labute approximate surface area is 125 Å². The summed E-state index contributed by atoms with van der Waals surface area (Å²) < 4.78 is 7.36. The fourth-order valence-corrected chi connectivity index (χ4v) is 3.13. The highest BCUT2D eigenvalue weighted by Gasteiger charge is 2.21. The number of hydrogen-bond acceptors (Lipinski definition) is 2. The van der Waals surface area contributed by atoms with E-state index in [0.29, 0.717) is 6.10 Å². The van der Waals surface area contributed by atoms with Crippen LogP contribution >= 0.6 is 15.9 Å². The molecule has 0 aromatic heterocycles. The van der Waals surface area contributed by atoms with E-state index in [4.69, 9.17) is 4.74 Å². The zero-order valence-electron chi connectivity index (χ0n) is 11.9. The lowest BCUT2D eigenvalue weighted by atomic mass is 9.88. The Morgan fingerprint density at radius 3 is 2.95 bits per heavy atom. The van der Waals surface area contributed by atoms with Gasteiger partial charge in [0.25, 0.3) is 0 Å². The highest BCUT2D eigenvalue weighted by molar-refractivity contribution is 9.10. The third-order valence-electron chi connectivity index (χ3n) is 3.77. The molecule has 0 amide bonds. The number of ether oxygens (including phenoxy) is 1. The molecule has 1 aromatic carbocycles. The minimum absolute atomic E-state index is 0.394. The second-order valence-corrected chi connectivity index (χ2v) is 6.46. The third kappa shape index (κ3) is 4.50. The Balaban J connectivity index is 2.05. The molecule has 2 nitrogen and oxygen atoms in total. The summed E-state index contributed by atoms with van der Waals surface area (Å²) in [6, 6.07) is 6.32. The molecular weight excluding hydrogens is 302 g/mol. The van der Waals surface area contributed by atoms with Gasteiger partial charge in [0.05, 0.1) is 6.10 Å². The topological polar surface area (TPSA) is 21.3 Å². The highest BCUT2D eigenvalue weighted by Crippen LogP contribution is 2.30. The van der Waals surface area contributed by atoms with Gasteiger partial charge in [-0.1, -0.05) is 36.2 Å². The summed E-state index contributed by atoms with van der Waals surface area (Å²) in [6.45, 7) is 6.30. The summed E-state index contributed by atoms with van der Waals surface area (Å²) in [4.78, 5) is 0. The van der Waals surface area contributed by atoms with Crippen LogP contribution in [0.15, 0.2) is 22.7 Å². The van der Waals surface area contributed by atoms with Crippen molar-refractivity contribution in [1.29, 1.82) is 0 Å². The molecule has 106 valence electrons. The molecule has 2 atom stereocenters. The van der Waals surface area contributed by atoms with Crippen molar-refractivity contribution in [3.05, 3.63) is 28.2 Å². The van der Waals surface area contributed by atoms with Crippen LogP contribution in [0, 0.1) is 5.92 Å². The van der Waals surface area contributed by atoms with Crippen molar-refractivity contribution in [3.63, 3.8) is 0 Å². The molecule has 1 aliphatic rings. The lowest BCUT2D eigenvalue weighted by Crippen LogP contribution is -2.25. The average Bonchev–Trinajstić information content (AvgIpc) is 2.39. The van der Waals surface area contributed by atoms with Crippen LogP contribution in [0.1, 0.15) is 45.1 Å². The van der Waals surface area contributed by atoms with Crippen LogP contribution in [-0.4, -0.2) is 12.6 Å². The van der Waals surface area contributed by atoms with Crippen molar-refractivity contribution in [2.24, 2.45) is 5.92 Å². The molecule has 1 aromatic rings. The van der Waals surface area contributed by atoms with Crippen molar-refractivity contribution >= 4 is 15.9 Å². The summed E-state index contributed by atoms with van der Waals surface area (Å²) in [5, 5.41) is 3.38. The third-order valence-corrected chi connectivity index (χ3v) is 4.26. The Hall–Kier alpha value is -0.540. The molecule has 1 saturated carbocycles. The van der Waals surface area contributed by atoms with Crippen LogP contribution in [0.2, 0.25) is 0 Å². The number of nitrogens with one attached hydrogen (secondary N) is 1. The minimum Gasteiger partial charge on any atom is -0.490 e. The first-order valence-electron chi connectivity index (χ1n) is 7.34. The molecule has 0 bridgehead atoms. The number of halogens is 1. The van der Waals surface area contributed by atoms with Crippen molar-refractivity contribution in [1.82, 2.24) is 5.32 Å². The average molecular weight is 326 g/mol. The molecule has 1 N–H and O–H groups in total. The van der Waals surface area contributed by atoms with E-state index in [-0.39, 0.29) is 0 Å². The molecule has 0 saturated heterocycles. The van der Waals surface area contributed by atoms with Gasteiger partial charge in [-0.25, -0.2) is 0 Å². The summed E-state index contributed by atoms with van der Waals surface area (Å²) in [7, 11) is 0. The van der Waals surface area contributed by atoms with Gasteiger partial charge in [-0.15, -0.1) is 0 Å². The van der Waals surface area contributed by atoms with Gasteiger partial charge in [-0.2, -0.15) is 0 Å². The predicted molar refractivity (Wildman–Crippen MR) is 83.6 cm³/mol. The Morgan fingerprint density at radius 2 is 2.21 bits per heavy atom. The minimum atomic E-state index is 0.394. The number of benzene rings is 1. The van der Waals surface area contributed by atoms with E-state index in [1.54, 1.807) is 0 Å². The lowest BCUT2D eigenvalue weighted by molar-refractivity contribution is 0.128. The molecule has 0 spiro atoms. The second kappa shape index (κ2) is 7.30. The van der Waals surface area contributed by atoms with Gasteiger partial charge in [0, 0.05) is 16.6 Å². The van der Waals surface area contributed by atoms with E-state index < -0.39 is 0 Å². The summed E-state index contributed by atoms with van der Waals surface area (Å²) in [6.07, 6.45) is 5.43. The summed E-state index contributed by atoms with van der Waals surface area (Å²) in [5.74, 6) is 1.84. The molecular formula is C16H24BrNO. The van der Waals surface area contributed by atoms with E-state index in [0.717, 1.165) is 29.2 Å².